The number of nitrogens with one attached hydrogen (secondary N) is 3. The summed E-state index contributed by atoms with van der Waals surface area (Å²) in [5, 5.41) is 15.4. The van der Waals surface area contributed by atoms with Crippen LogP contribution in [0.15, 0.2) is 41.9 Å². The second-order valence-corrected chi connectivity index (χ2v) is 4.75. The first-order valence-electron chi connectivity index (χ1n) is 5.97. The van der Waals surface area contributed by atoms with Crippen LogP contribution in [0.4, 0.5) is 0 Å². The Morgan fingerprint density at radius 1 is 1.29 bits per heavy atom. The molecule has 0 bridgehead atoms. The minimum absolute atomic E-state index is 0.0279. The van der Waals surface area contributed by atoms with E-state index >= 15 is 0 Å². The lowest BCUT2D eigenvalue weighted by molar-refractivity contribution is 0.809. The van der Waals surface area contributed by atoms with Crippen molar-refractivity contribution in [2.75, 3.05) is 0 Å². The van der Waals surface area contributed by atoms with E-state index in [0.717, 1.165) is 5.69 Å². The molecule has 0 fully saturated rings. The molecule has 0 atom stereocenters. The number of benzene rings is 1. The van der Waals surface area contributed by atoms with E-state index in [9.17, 15) is 0 Å². The van der Waals surface area contributed by atoms with Crippen molar-refractivity contribution in [3.8, 4) is 0 Å². The molecule has 1 aromatic heterocycles. The van der Waals surface area contributed by atoms with Crippen LogP contribution < -0.4 is 10.7 Å². The van der Waals surface area contributed by atoms with Gasteiger partial charge in [0.25, 0.3) is 0 Å². The van der Waals surface area contributed by atoms with E-state index in [2.05, 4.69) is 25.8 Å². The quantitative estimate of drug-likeness (QED) is 0.458. The highest BCUT2D eigenvalue weighted by molar-refractivity contribution is 6.38. The maximum Gasteiger partial charge on any atom is 0.209 e. The molecule has 0 aliphatic carbocycles. The molecule has 6 nitrogen and oxygen atoms in total. The number of hydrazone groups is 1. The fourth-order valence-electron chi connectivity index (χ4n) is 1.44. The highest BCUT2D eigenvalue weighted by Gasteiger charge is 2.02. The van der Waals surface area contributed by atoms with Gasteiger partial charge in [0, 0.05) is 18.0 Å². The van der Waals surface area contributed by atoms with Gasteiger partial charge in [-0.1, -0.05) is 29.3 Å². The molecule has 0 saturated carbocycles. The molecule has 0 amide bonds. The second-order valence-electron chi connectivity index (χ2n) is 3.93. The molecule has 1 heterocycles. The Hall–Kier alpha value is -2.18. The minimum atomic E-state index is 0.0279. The smallest absolute Gasteiger partial charge is 0.209 e. The first-order chi connectivity index (χ1) is 10.2. The summed E-state index contributed by atoms with van der Waals surface area (Å²) in [6.07, 6.45) is 6.26. The van der Waals surface area contributed by atoms with Gasteiger partial charge in [-0.05, 0) is 12.1 Å². The number of rotatable bonds is 4. The van der Waals surface area contributed by atoms with Crippen molar-refractivity contribution < 1.29 is 0 Å². The predicted octanol–water partition coefficient (Wildman–Crippen LogP) is 2.43. The van der Waals surface area contributed by atoms with Gasteiger partial charge in [0.2, 0.25) is 5.96 Å². The molecule has 0 radical (unpaired) electrons. The largest absolute Gasteiger partial charge is 0.349 e. The van der Waals surface area contributed by atoms with E-state index in [4.69, 9.17) is 28.6 Å². The van der Waals surface area contributed by atoms with Crippen LogP contribution in [0.5, 0.6) is 0 Å². The van der Waals surface area contributed by atoms with Gasteiger partial charge >= 0.3 is 0 Å². The summed E-state index contributed by atoms with van der Waals surface area (Å²) in [5.74, 6) is 0.0279. The lowest BCUT2D eigenvalue weighted by atomic mass is 10.2. The van der Waals surface area contributed by atoms with Gasteiger partial charge < -0.3 is 5.32 Å². The Labute approximate surface area is 131 Å². The van der Waals surface area contributed by atoms with Crippen molar-refractivity contribution in [1.29, 1.82) is 5.41 Å². The molecule has 108 valence electrons. The van der Waals surface area contributed by atoms with Crippen molar-refractivity contribution in [2.45, 2.75) is 6.54 Å². The van der Waals surface area contributed by atoms with Gasteiger partial charge in [-0.25, -0.2) is 5.43 Å². The number of nitrogens with zero attached hydrogens (tertiary/aromatic N) is 3. The van der Waals surface area contributed by atoms with Crippen LogP contribution in [0.1, 0.15) is 11.3 Å². The molecule has 2 aromatic rings. The summed E-state index contributed by atoms with van der Waals surface area (Å²) in [4.78, 5) is 8.01. The number of hydrogen-bond donors (Lipinski definition) is 3. The van der Waals surface area contributed by atoms with E-state index in [0.29, 0.717) is 22.2 Å². The van der Waals surface area contributed by atoms with E-state index in [1.54, 1.807) is 36.8 Å². The lowest BCUT2D eigenvalue weighted by Gasteiger charge is -2.06. The van der Waals surface area contributed by atoms with Crippen LogP contribution in [0.3, 0.4) is 0 Å². The van der Waals surface area contributed by atoms with Crippen molar-refractivity contribution >= 4 is 35.4 Å². The van der Waals surface area contributed by atoms with Crippen molar-refractivity contribution in [3.05, 3.63) is 58.1 Å². The summed E-state index contributed by atoms with van der Waals surface area (Å²) in [6.45, 7) is 0.377. The number of halogens is 2. The molecular formula is C13H12Cl2N6. The molecule has 0 aliphatic heterocycles. The molecule has 0 spiro atoms. The van der Waals surface area contributed by atoms with Crippen LogP contribution in [-0.2, 0) is 6.54 Å². The van der Waals surface area contributed by atoms with Gasteiger partial charge in [0.1, 0.15) is 0 Å². The minimum Gasteiger partial charge on any atom is -0.349 e. The van der Waals surface area contributed by atoms with E-state index in [-0.39, 0.29) is 5.96 Å². The van der Waals surface area contributed by atoms with Gasteiger partial charge in [-0.3, -0.25) is 15.4 Å². The zero-order valence-corrected chi connectivity index (χ0v) is 12.4. The van der Waals surface area contributed by atoms with E-state index < -0.39 is 0 Å². The monoisotopic (exact) mass is 322 g/mol. The zero-order chi connectivity index (χ0) is 15.1. The third-order valence-corrected chi connectivity index (χ3v) is 3.09. The highest BCUT2D eigenvalue weighted by Crippen LogP contribution is 2.21. The normalized spacial score (nSPS) is 10.6. The molecule has 0 saturated heterocycles. The van der Waals surface area contributed by atoms with Crippen molar-refractivity contribution in [2.24, 2.45) is 5.10 Å². The molecule has 2 rings (SSSR count). The number of hydrogen-bond acceptors (Lipinski definition) is 4. The number of aromatic nitrogens is 2. The zero-order valence-electron chi connectivity index (χ0n) is 10.8. The molecule has 21 heavy (non-hydrogen) atoms. The first-order valence-corrected chi connectivity index (χ1v) is 6.73. The van der Waals surface area contributed by atoms with Crippen LogP contribution in [0.25, 0.3) is 0 Å². The molecule has 3 N–H and O–H groups in total. The Morgan fingerprint density at radius 2 is 2.05 bits per heavy atom. The fraction of sp³-hybridized carbons (Fsp3) is 0.0769. The van der Waals surface area contributed by atoms with Gasteiger partial charge in [0.05, 0.1) is 34.7 Å². The Bertz CT molecular complexity index is 624. The molecule has 0 unspecified atom stereocenters. The Kier molecular flexibility index (Phi) is 5.48. The molecule has 8 heteroatoms. The third kappa shape index (κ3) is 4.70. The summed E-state index contributed by atoms with van der Waals surface area (Å²) >= 11 is 12.0. The second kappa shape index (κ2) is 7.56. The fourth-order valence-corrected chi connectivity index (χ4v) is 1.93. The topological polar surface area (TPSA) is 86.0 Å². The molecular weight excluding hydrogens is 311 g/mol. The standard InChI is InChI=1S/C13H12Cl2N6/c14-11-2-1-3-12(15)10(11)8-20-21-13(16)19-7-9-6-17-4-5-18-9/h1-6,8H,7H2,(H3,16,19,21)/b20-8+. The van der Waals surface area contributed by atoms with Gasteiger partial charge in [-0.2, -0.15) is 5.10 Å². The van der Waals surface area contributed by atoms with Gasteiger partial charge in [0.15, 0.2) is 0 Å². The van der Waals surface area contributed by atoms with Crippen LogP contribution in [0, 0.1) is 5.41 Å². The SMILES string of the molecule is N=C(NCc1cnccn1)N/N=C/c1c(Cl)cccc1Cl. The van der Waals surface area contributed by atoms with E-state index in [1.807, 2.05) is 0 Å². The number of guanidine groups is 1. The summed E-state index contributed by atoms with van der Waals surface area (Å²) in [5.41, 5.74) is 3.85. The summed E-state index contributed by atoms with van der Waals surface area (Å²) in [6, 6.07) is 5.18. The van der Waals surface area contributed by atoms with Crippen LogP contribution in [-0.4, -0.2) is 22.1 Å². The predicted molar refractivity (Wildman–Crippen MR) is 83.8 cm³/mol. The summed E-state index contributed by atoms with van der Waals surface area (Å²) in [7, 11) is 0. The van der Waals surface area contributed by atoms with E-state index in [1.165, 1.54) is 6.21 Å². The van der Waals surface area contributed by atoms with Crippen molar-refractivity contribution in [1.82, 2.24) is 20.7 Å². The van der Waals surface area contributed by atoms with Crippen LogP contribution >= 0.6 is 23.2 Å². The third-order valence-electron chi connectivity index (χ3n) is 2.43. The Morgan fingerprint density at radius 3 is 2.71 bits per heavy atom. The van der Waals surface area contributed by atoms with Crippen molar-refractivity contribution in [3.63, 3.8) is 0 Å². The van der Waals surface area contributed by atoms with Gasteiger partial charge in [-0.15, -0.1) is 0 Å². The highest BCUT2D eigenvalue weighted by atomic mass is 35.5. The maximum absolute atomic E-state index is 7.66. The molecule has 0 aliphatic rings. The lowest BCUT2D eigenvalue weighted by Crippen LogP contribution is -2.32. The first kappa shape index (κ1) is 15.2. The molecule has 1 aromatic carbocycles. The Balaban J connectivity index is 1.85. The average Bonchev–Trinajstić information content (AvgIpc) is 2.49. The average molecular weight is 323 g/mol. The maximum atomic E-state index is 7.66. The van der Waals surface area contributed by atoms with Crippen LogP contribution in [0.2, 0.25) is 10.0 Å². The summed E-state index contributed by atoms with van der Waals surface area (Å²) < 4.78 is 0.